The molecule has 0 unspecified atom stereocenters. The molecule has 2 aromatic heterocycles. The summed E-state index contributed by atoms with van der Waals surface area (Å²) in [5, 5.41) is 23.0. The van der Waals surface area contributed by atoms with Gasteiger partial charge >= 0.3 is 0 Å². The predicted molar refractivity (Wildman–Crippen MR) is 230 cm³/mol. The van der Waals surface area contributed by atoms with Crippen LogP contribution in [0.5, 0.6) is 0 Å². The Morgan fingerprint density at radius 3 is 2.34 bits per heavy atom. The van der Waals surface area contributed by atoms with Gasteiger partial charge < -0.3 is 20.2 Å². The Bertz CT molecular complexity index is 2050. The number of aliphatic hydroxyl groups is 1. The molecule has 59 heavy (non-hydrogen) atoms. The second-order valence-corrected chi connectivity index (χ2v) is 18.9. The molecule has 0 spiro atoms. The number of aromatic nitrogens is 4. The first-order chi connectivity index (χ1) is 28.3. The minimum atomic E-state index is -0.796. The molecule has 4 aromatic rings. The van der Waals surface area contributed by atoms with E-state index in [1.807, 2.05) is 82.7 Å². The number of hydrogen-bond acceptors (Lipinski definition) is 10. The van der Waals surface area contributed by atoms with Crippen LogP contribution in [0.15, 0.2) is 60.2 Å². The SMILES string of the molecule is CCCNNC(=O)c1ccc(C2CCN(CC3CC(c4cn([C@H](C(=O)N5C[C@@H](O)C[C@@H]5C(=O)N[C@@H](C)c5ccc(-c6scnc6C)cc5)C(C)(C)C)nn4)C3)CC2)cc1. The van der Waals surface area contributed by atoms with Crippen LogP contribution in [0.25, 0.3) is 10.4 Å². The van der Waals surface area contributed by atoms with Gasteiger partial charge in [0.05, 0.1) is 33.9 Å². The molecule has 3 fully saturated rings. The maximum absolute atomic E-state index is 14.4. The Morgan fingerprint density at radius 2 is 1.69 bits per heavy atom. The molecule has 13 nitrogen and oxygen atoms in total. The van der Waals surface area contributed by atoms with Crippen LogP contribution in [-0.2, 0) is 9.59 Å². The van der Waals surface area contributed by atoms with Crippen molar-refractivity contribution in [1.82, 2.24) is 45.9 Å². The van der Waals surface area contributed by atoms with Crippen LogP contribution in [-0.4, -0.2) is 97.5 Å². The zero-order valence-corrected chi connectivity index (χ0v) is 36.2. The average molecular weight is 824 g/mol. The van der Waals surface area contributed by atoms with E-state index in [4.69, 9.17) is 0 Å². The fourth-order valence-electron chi connectivity index (χ4n) is 9.03. The van der Waals surface area contributed by atoms with Crippen LogP contribution in [0.4, 0.5) is 0 Å². The molecule has 4 atom stereocenters. The molecule has 0 bridgehead atoms. The number of amides is 3. The Balaban J connectivity index is 0.907. The van der Waals surface area contributed by atoms with Crippen LogP contribution in [0.3, 0.4) is 0 Å². The minimum absolute atomic E-state index is 0.0893. The summed E-state index contributed by atoms with van der Waals surface area (Å²) in [6.45, 7) is 16.0. The molecule has 0 radical (unpaired) electrons. The number of nitrogens with zero attached hydrogens (tertiary/aromatic N) is 6. The Kier molecular flexibility index (Phi) is 13.3. The minimum Gasteiger partial charge on any atom is -0.391 e. The van der Waals surface area contributed by atoms with Gasteiger partial charge in [0, 0.05) is 43.7 Å². The van der Waals surface area contributed by atoms with Gasteiger partial charge in [0.2, 0.25) is 11.8 Å². The molecule has 3 amide bonds. The van der Waals surface area contributed by atoms with E-state index in [0.717, 1.165) is 85.7 Å². The lowest BCUT2D eigenvalue weighted by atomic mass is 9.73. The second-order valence-electron chi connectivity index (χ2n) is 18.0. The number of rotatable bonds is 14. The lowest BCUT2D eigenvalue weighted by Gasteiger charge is -2.40. The summed E-state index contributed by atoms with van der Waals surface area (Å²) in [5.41, 5.74) is 12.9. The number of carbonyl (C=O) groups is 3. The molecule has 7 rings (SSSR count). The number of carbonyl (C=O) groups excluding carboxylic acids is 3. The summed E-state index contributed by atoms with van der Waals surface area (Å²) in [4.78, 5) is 50.2. The Labute approximate surface area is 352 Å². The highest BCUT2D eigenvalue weighted by Crippen LogP contribution is 2.43. The number of hydrazine groups is 1. The van der Waals surface area contributed by atoms with Gasteiger partial charge in [-0.1, -0.05) is 69.3 Å². The summed E-state index contributed by atoms with van der Waals surface area (Å²) in [6.07, 6.45) is 6.55. The van der Waals surface area contributed by atoms with Crippen LogP contribution in [0.1, 0.15) is 130 Å². The number of piperidine rings is 1. The van der Waals surface area contributed by atoms with Crippen molar-refractivity contribution in [1.29, 1.82) is 0 Å². The monoisotopic (exact) mass is 823 g/mol. The highest BCUT2D eigenvalue weighted by molar-refractivity contribution is 7.13. The number of aliphatic hydroxyl groups excluding tert-OH is 1. The van der Waals surface area contributed by atoms with Gasteiger partial charge in [-0.2, -0.15) is 0 Å². The summed E-state index contributed by atoms with van der Waals surface area (Å²) >= 11 is 1.60. The van der Waals surface area contributed by atoms with E-state index in [1.54, 1.807) is 20.9 Å². The van der Waals surface area contributed by atoms with Crippen molar-refractivity contribution in [3.8, 4) is 10.4 Å². The van der Waals surface area contributed by atoms with E-state index in [-0.39, 0.29) is 36.7 Å². The summed E-state index contributed by atoms with van der Waals surface area (Å²) in [7, 11) is 0. The zero-order valence-electron chi connectivity index (χ0n) is 35.4. The first kappa shape index (κ1) is 42.6. The van der Waals surface area contributed by atoms with Crippen molar-refractivity contribution in [3.63, 3.8) is 0 Å². The summed E-state index contributed by atoms with van der Waals surface area (Å²) < 4.78 is 1.69. The van der Waals surface area contributed by atoms with Crippen LogP contribution in [0.2, 0.25) is 0 Å². The van der Waals surface area contributed by atoms with Crippen LogP contribution in [0, 0.1) is 18.3 Å². The van der Waals surface area contributed by atoms with Gasteiger partial charge in [-0.25, -0.2) is 15.1 Å². The molecular weight excluding hydrogens is 763 g/mol. The van der Waals surface area contributed by atoms with E-state index < -0.39 is 23.6 Å². The molecule has 2 saturated heterocycles. The van der Waals surface area contributed by atoms with Crippen molar-refractivity contribution in [2.75, 3.05) is 32.7 Å². The number of thiazole rings is 1. The van der Waals surface area contributed by atoms with Crippen molar-refractivity contribution >= 4 is 29.1 Å². The molecule has 2 aromatic carbocycles. The molecule has 316 valence electrons. The molecule has 3 aliphatic rings. The predicted octanol–water partition coefficient (Wildman–Crippen LogP) is 6.15. The van der Waals surface area contributed by atoms with Gasteiger partial charge in [-0.05, 0) is 105 Å². The van der Waals surface area contributed by atoms with Crippen molar-refractivity contribution < 1.29 is 19.5 Å². The highest BCUT2D eigenvalue weighted by atomic mass is 32.1. The number of hydrogen-bond donors (Lipinski definition) is 4. The summed E-state index contributed by atoms with van der Waals surface area (Å²) in [6, 6.07) is 14.4. The fraction of sp³-hybridized carbons (Fsp3) is 0.556. The Hall–Kier alpha value is -4.50. The van der Waals surface area contributed by atoms with Crippen LogP contribution < -0.4 is 16.2 Å². The highest BCUT2D eigenvalue weighted by Gasteiger charge is 2.46. The number of likely N-dealkylation sites (tertiary alicyclic amines) is 2. The second kappa shape index (κ2) is 18.4. The maximum atomic E-state index is 14.4. The molecule has 1 aliphatic carbocycles. The van der Waals surface area contributed by atoms with Crippen molar-refractivity contribution in [3.05, 3.63) is 88.3 Å². The Morgan fingerprint density at radius 1 is 0.983 bits per heavy atom. The number of nitrogens with one attached hydrogen (secondary N) is 3. The molecule has 14 heteroatoms. The normalized spacial score (nSPS) is 22.5. The number of aryl methyl sites for hydroxylation is 1. The number of benzene rings is 2. The first-order valence-electron chi connectivity index (χ1n) is 21.4. The topological polar surface area (TPSA) is 158 Å². The average Bonchev–Trinajstić information content (AvgIpc) is 3.96. The van der Waals surface area contributed by atoms with E-state index in [0.29, 0.717) is 23.3 Å². The van der Waals surface area contributed by atoms with Gasteiger partial charge in [0.1, 0.15) is 12.1 Å². The van der Waals surface area contributed by atoms with Gasteiger partial charge in [0.15, 0.2) is 0 Å². The molecule has 4 heterocycles. The fourth-order valence-corrected chi connectivity index (χ4v) is 9.84. The first-order valence-corrected chi connectivity index (χ1v) is 22.2. The van der Waals surface area contributed by atoms with Crippen LogP contribution >= 0.6 is 11.3 Å². The third-order valence-corrected chi connectivity index (χ3v) is 13.4. The van der Waals surface area contributed by atoms with Gasteiger partial charge in [0.25, 0.3) is 5.91 Å². The van der Waals surface area contributed by atoms with Crippen molar-refractivity contribution in [2.45, 2.75) is 116 Å². The van der Waals surface area contributed by atoms with E-state index in [1.165, 1.54) is 5.56 Å². The van der Waals surface area contributed by atoms with E-state index >= 15 is 0 Å². The smallest absolute Gasteiger partial charge is 0.265 e. The summed E-state index contributed by atoms with van der Waals surface area (Å²) in [5.74, 6) is 0.769. The standard InChI is InChI=1S/C45H61N9O4S/c1-7-18-47-50-42(56)35-14-10-32(11-15-35)33-16-19-52(20-17-33)24-30-21-36(22-30)38-26-54(51-49-38)41(45(4,5)6)44(58)53-25-37(55)23-39(53)43(57)48-28(2)31-8-12-34(13-9-31)40-29(3)46-27-59-40/h8-15,26-28,30,33,36-37,39,41,47,55H,7,16-25H2,1-6H3,(H,48,57)(H,50,56)/t28-,30?,36?,37-,39+,41+/m0/s1. The lowest BCUT2D eigenvalue weighted by molar-refractivity contribution is -0.144. The molecule has 4 N–H and O–H groups in total. The lowest BCUT2D eigenvalue weighted by Crippen LogP contribution is -2.50. The zero-order chi connectivity index (χ0) is 41.8. The van der Waals surface area contributed by atoms with Crippen molar-refractivity contribution in [2.24, 2.45) is 11.3 Å². The molecular formula is C45H61N9O4S. The van der Waals surface area contributed by atoms with Gasteiger partial charge in [-0.3, -0.25) is 19.8 Å². The van der Waals surface area contributed by atoms with E-state index in [9.17, 15) is 19.5 Å². The molecule has 2 aliphatic heterocycles. The third-order valence-electron chi connectivity index (χ3n) is 12.5. The quantitative estimate of drug-likeness (QED) is 0.0865. The maximum Gasteiger partial charge on any atom is 0.265 e. The molecule has 1 saturated carbocycles. The largest absolute Gasteiger partial charge is 0.391 e. The number of β-amino-alcohol motifs (C(OH)–C–C–N with tert-alkyl or cyclic N) is 1. The third kappa shape index (κ3) is 9.94. The van der Waals surface area contributed by atoms with Gasteiger partial charge in [-0.15, -0.1) is 16.4 Å². The van der Waals surface area contributed by atoms with E-state index in [2.05, 4.69) is 55.4 Å².